The van der Waals surface area contributed by atoms with Crippen molar-refractivity contribution in [3.8, 4) is 0 Å². The largest absolute Gasteiger partial charge is 0.302 e. The Kier molecular flexibility index (Phi) is 5.06. The van der Waals surface area contributed by atoms with Gasteiger partial charge in [0.05, 0.1) is 5.75 Å². The lowest BCUT2D eigenvalue weighted by molar-refractivity contribution is 0.188. The first kappa shape index (κ1) is 13.0. The molecule has 1 aliphatic rings. The van der Waals surface area contributed by atoms with Gasteiger partial charge in [0.1, 0.15) is 9.84 Å². The molecule has 0 unspecified atom stereocenters. The standard InChI is InChI=1S/C11H22NO2S/c1-3-4-11-5-7-12(8-6-11)9-10-15(2,13)14/h11H,1,3-10H2,2H3. The van der Waals surface area contributed by atoms with E-state index in [2.05, 4.69) is 11.8 Å². The van der Waals surface area contributed by atoms with Crippen molar-refractivity contribution in [1.82, 2.24) is 4.90 Å². The maximum Gasteiger partial charge on any atom is 0.148 e. The summed E-state index contributed by atoms with van der Waals surface area (Å²) in [6, 6.07) is 0. The Bertz CT molecular complexity index is 266. The Morgan fingerprint density at radius 2 is 1.93 bits per heavy atom. The molecule has 3 nitrogen and oxygen atoms in total. The van der Waals surface area contributed by atoms with Crippen molar-refractivity contribution in [2.75, 3.05) is 31.6 Å². The van der Waals surface area contributed by atoms with Crippen molar-refractivity contribution in [3.63, 3.8) is 0 Å². The van der Waals surface area contributed by atoms with Crippen LogP contribution < -0.4 is 0 Å². The Morgan fingerprint density at radius 3 is 2.40 bits per heavy atom. The first-order valence-corrected chi connectivity index (χ1v) is 7.76. The fourth-order valence-corrected chi connectivity index (χ4v) is 2.67. The van der Waals surface area contributed by atoms with Gasteiger partial charge in [0, 0.05) is 12.8 Å². The molecule has 0 amide bonds. The van der Waals surface area contributed by atoms with Crippen molar-refractivity contribution >= 4 is 9.84 Å². The second kappa shape index (κ2) is 5.85. The van der Waals surface area contributed by atoms with Crippen LogP contribution in [-0.4, -0.2) is 45.0 Å². The van der Waals surface area contributed by atoms with E-state index in [1.165, 1.54) is 25.5 Å². The highest BCUT2D eigenvalue weighted by atomic mass is 32.2. The molecule has 1 heterocycles. The SMILES string of the molecule is [CH2]CCC1CCN(CCS(C)(=O)=O)CC1. The van der Waals surface area contributed by atoms with Crippen LogP contribution in [0.5, 0.6) is 0 Å². The van der Waals surface area contributed by atoms with Crippen molar-refractivity contribution in [2.45, 2.75) is 25.7 Å². The van der Waals surface area contributed by atoms with Crippen LogP contribution >= 0.6 is 0 Å². The molecule has 1 saturated heterocycles. The fraction of sp³-hybridized carbons (Fsp3) is 0.909. The van der Waals surface area contributed by atoms with Crippen molar-refractivity contribution in [2.24, 2.45) is 5.92 Å². The number of hydrogen-bond donors (Lipinski definition) is 0. The Hall–Kier alpha value is -0.0900. The third kappa shape index (κ3) is 5.52. The molecular formula is C11H22NO2S. The topological polar surface area (TPSA) is 37.4 Å². The number of sulfone groups is 1. The average molecular weight is 232 g/mol. The van der Waals surface area contributed by atoms with Gasteiger partial charge in [-0.05, 0) is 31.8 Å². The molecule has 1 aliphatic heterocycles. The van der Waals surface area contributed by atoms with E-state index in [0.29, 0.717) is 12.3 Å². The molecule has 0 atom stereocenters. The molecule has 0 aromatic rings. The van der Waals surface area contributed by atoms with E-state index in [0.717, 1.165) is 25.4 Å². The van der Waals surface area contributed by atoms with Gasteiger partial charge in [-0.15, -0.1) is 0 Å². The van der Waals surface area contributed by atoms with Gasteiger partial charge in [0.2, 0.25) is 0 Å². The van der Waals surface area contributed by atoms with E-state index >= 15 is 0 Å². The highest BCUT2D eigenvalue weighted by Crippen LogP contribution is 2.21. The molecule has 0 N–H and O–H groups in total. The highest BCUT2D eigenvalue weighted by molar-refractivity contribution is 7.90. The number of likely N-dealkylation sites (tertiary alicyclic amines) is 1. The lowest BCUT2D eigenvalue weighted by Gasteiger charge is -2.31. The third-order valence-corrected chi connectivity index (χ3v) is 4.02. The minimum Gasteiger partial charge on any atom is -0.302 e. The first-order valence-electron chi connectivity index (χ1n) is 5.70. The number of nitrogens with zero attached hydrogens (tertiary/aromatic N) is 1. The summed E-state index contributed by atoms with van der Waals surface area (Å²) in [7, 11) is -2.80. The fourth-order valence-electron chi connectivity index (χ4n) is 2.08. The third-order valence-electron chi connectivity index (χ3n) is 3.10. The molecule has 0 aromatic carbocycles. The molecule has 15 heavy (non-hydrogen) atoms. The highest BCUT2D eigenvalue weighted by Gasteiger charge is 2.18. The Balaban J connectivity index is 2.20. The van der Waals surface area contributed by atoms with Crippen molar-refractivity contribution < 1.29 is 8.42 Å². The summed E-state index contributed by atoms with van der Waals surface area (Å²) in [6.45, 7) is 6.69. The molecule has 0 bridgehead atoms. The maximum absolute atomic E-state index is 11.0. The minimum atomic E-state index is -2.80. The number of hydrogen-bond acceptors (Lipinski definition) is 3. The van der Waals surface area contributed by atoms with Crippen LogP contribution in [0.4, 0.5) is 0 Å². The van der Waals surface area contributed by atoms with E-state index < -0.39 is 9.84 Å². The van der Waals surface area contributed by atoms with Crippen LogP contribution in [0.15, 0.2) is 0 Å². The molecule has 89 valence electrons. The maximum atomic E-state index is 11.0. The van der Waals surface area contributed by atoms with Crippen molar-refractivity contribution in [3.05, 3.63) is 6.92 Å². The van der Waals surface area contributed by atoms with Gasteiger partial charge >= 0.3 is 0 Å². The quantitative estimate of drug-likeness (QED) is 0.718. The summed E-state index contributed by atoms with van der Waals surface area (Å²) in [5.41, 5.74) is 0. The summed E-state index contributed by atoms with van der Waals surface area (Å²) in [4.78, 5) is 2.26. The number of rotatable bonds is 5. The van der Waals surface area contributed by atoms with Gasteiger partial charge < -0.3 is 4.90 Å². The van der Waals surface area contributed by atoms with Crippen molar-refractivity contribution in [1.29, 1.82) is 0 Å². The molecule has 1 radical (unpaired) electrons. The van der Waals surface area contributed by atoms with E-state index in [1.54, 1.807) is 0 Å². The summed E-state index contributed by atoms with van der Waals surface area (Å²) >= 11 is 0. The van der Waals surface area contributed by atoms with Crippen LogP contribution in [0.1, 0.15) is 25.7 Å². The summed E-state index contributed by atoms with van der Waals surface area (Å²) < 4.78 is 22.0. The van der Waals surface area contributed by atoms with Crippen LogP contribution in [0.3, 0.4) is 0 Å². The predicted molar refractivity (Wildman–Crippen MR) is 63.5 cm³/mol. The monoisotopic (exact) mass is 232 g/mol. The number of piperidine rings is 1. The normalized spacial score (nSPS) is 20.7. The Labute approximate surface area is 93.8 Å². The molecule has 0 saturated carbocycles. The molecule has 4 heteroatoms. The Morgan fingerprint density at radius 1 is 1.33 bits per heavy atom. The molecular weight excluding hydrogens is 210 g/mol. The van der Waals surface area contributed by atoms with Gasteiger partial charge in [-0.25, -0.2) is 8.42 Å². The molecule has 0 spiro atoms. The van der Waals surface area contributed by atoms with Gasteiger partial charge in [-0.2, -0.15) is 0 Å². The zero-order valence-corrected chi connectivity index (χ0v) is 10.4. The zero-order valence-electron chi connectivity index (χ0n) is 9.61. The lowest BCUT2D eigenvalue weighted by atomic mass is 9.93. The summed E-state index contributed by atoms with van der Waals surface area (Å²) in [5, 5.41) is 0. The summed E-state index contributed by atoms with van der Waals surface area (Å²) in [5.74, 6) is 1.12. The van der Waals surface area contributed by atoms with Gasteiger partial charge in [-0.3, -0.25) is 0 Å². The van der Waals surface area contributed by atoms with Crippen LogP contribution in [0, 0.1) is 12.8 Å². The van der Waals surface area contributed by atoms with Crippen LogP contribution in [0.2, 0.25) is 0 Å². The van der Waals surface area contributed by atoms with E-state index in [9.17, 15) is 8.42 Å². The lowest BCUT2D eigenvalue weighted by Crippen LogP contribution is -2.36. The molecule has 0 aliphatic carbocycles. The van der Waals surface area contributed by atoms with E-state index in [4.69, 9.17) is 0 Å². The van der Waals surface area contributed by atoms with Crippen LogP contribution in [0.25, 0.3) is 0 Å². The van der Waals surface area contributed by atoms with E-state index in [1.807, 2.05) is 0 Å². The first-order chi connectivity index (χ1) is 7.01. The summed E-state index contributed by atoms with van der Waals surface area (Å²) in [6.07, 6.45) is 5.97. The van der Waals surface area contributed by atoms with Gasteiger partial charge in [0.15, 0.2) is 0 Å². The smallest absolute Gasteiger partial charge is 0.148 e. The van der Waals surface area contributed by atoms with Crippen LogP contribution in [-0.2, 0) is 9.84 Å². The predicted octanol–water partition coefficient (Wildman–Crippen LogP) is 1.36. The van der Waals surface area contributed by atoms with E-state index in [-0.39, 0.29) is 0 Å². The average Bonchev–Trinajstić information content (AvgIpc) is 2.16. The second-order valence-electron chi connectivity index (χ2n) is 4.56. The molecule has 1 rings (SSSR count). The van der Waals surface area contributed by atoms with Gasteiger partial charge in [-0.1, -0.05) is 19.8 Å². The minimum absolute atomic E-state index is 0.299. The molecule has 1 fully saturated rings. The zero-order chi connectivity index (χ0) is 11.3. The van der Waals surface area contributed by atoms with Gasteiger partial charge in [0.25, 0.3) is 0 Å². The second-order valence-corrected chi connectivity index (χ2v) is 6.82. The molecule has 0 aromatic heterocycles.